The Labute approximate surface area is 122 Å². The fourth-order valence-corrected chi connectivity index (χ4v) is 2.67. The summed E-state index contributed by atoms with van der Waals surface area (Å²) in [5.74, 6) is 0.383. The Morgan fingerprint density at radius 3 is 2.60 bits per heavy atom. The average molecular weight is 287 g/mol. The van der Waals surface area contributed by atoms with Crippen LogP contribution in [0.5, 0.6) is 0 Å². The van der Waals surface area contributed by atoms with Gasteiger partial charge in [0.15, 0.2) is 0 Å². The van der Waals surface area contributed by atoms with Crippen molar-refractivity contribution < 1.29 is 4.79 Å². The SMILES string of the molecule is Cc1ncc(CNc2ccc(NC(=O)C3CC3)cc2)s1. The normalized spacial score (nSPS) is 14.1. The Morgan fingerprint density at radius 1 is 1.30 bits per heavy atom. The van der Waals surface area contributed by atoms with Gasteiger partial charge in [-0.2, -0.15) is 0 Å². The molecule has 0 aliphatic heterocycles. The van der Waals surface area contributed by atoms with E-state index in [-0.39, 0.29) is 11.8 Å². The van der Waals surface area contributed by atoms with Gasteiger partial charge in [-0.15, -0.1) is 11.3 Å². The largest absolute Gasteiger partial charge is 0.380 e. The zero-order valence-electron chi connectivity index (χ0n) is 11.3. The summed E-state index contributed by atoms with van der Waals surface area (Å²) in [6.07, 6.45) is 3.96. The van der Waals surface area contributed by atoms with Crippen LogP contribution in [0.2, 0.25) is 0 Å². The van der Waals surface area contributed by atoms with E-state index in [1.165, 1.54) is 4.88 Å². The van der Waals surface area contributed by atoms with Crippen LogP contribution in [0.3, 0.4) is 0 Å². The molecule has 20 heavy (non-hydrogen) atoms. The fraction of sp³-hybridized carbons (Fsp3) is 0.333. The van der Waals surface area contributed by atoms with E-state index < -0.39 is 0 Å². The van der Waals surface area contributed by atoms with E-state index in [1.807, 2.05) is 37.4 Å². The van der Waals surface area contributed by atoms with Gasteiger partial charge in [-0.05, 0) is 44.0 Å². The number of hydrogen-bond acceptors (Lipinski definition) is 4. The number of anilines is 2. The lowest BCUT2D eigenvalue weighted by atomic mass is 10.2. The zero-order chi connectivity index (χ0) is 13.9. The molecule has 1 aromatic heterocycles. The number of amides is 1. The molecule has 0 spiro atoms. The van der Waals surface area contributed by atoms with Crippen LogP contribution in [0.25, 0.3) is 0 Å². The van der Waals surface area contributed by atoms with Crippen molar-refractivity contribution in [2.75, 3.05) is 10.6 Å². The minimum Gasteiger partial charge on any atom is -0.380 e. The van der Waals surface area contributed by atoms with Gasteiger partial charge in [-0.3, -0.25) is 4.79 Å². The van der Waals surface area contributed by atoms with E-state index in [0.717, 1.165) is 35.8 Å². The Bertz CT molecular complexity index is 602. The van der Waals surface area contributed by atoms with Crippen LogP contribution in [0.4, 0.5) is 11.4 Å². The smallest absolute Gasteiger partial charge is 0.227 e. The van der Waals surface area contributed by atoms with Gasteiger partial charge in [0.2, 0.25) is 5.91 Å². The number of hydrogen-bond donors (Lipinski definition) is 2. The molecule has 0 unspecified atom stereocenters. The molecule has 2 N–H and O–H groups in total. The molecule has 2 aromatic rings. The van der Waals surface area contributed by atoms with Crippen molar-refractivity contribution >= 4 is 28.6 Å². The lowest BCUT2D eigenvalue weighted by molar-refractivity contribution is -0.117. The Hall–Kier alpha value is -1.88. The van der Waals surface area contributed by atoms with Crippen molar-refractivity contribution in [2.45, 2.75) is 26.3 Å². The van der Waals surface area contributed by atoms with Crippen LogP contribution >= 0.6 is 11.3 Å². The number of benzene rings is 1. The molecule has 0 bridgehead atoms. The van der Waals surface area contributed by atoms with Crippen molar-refractivity contribution in [1.82, 2.24) is 4.98 Å². The number of rotatable bonds is 5. The van der Waals surface area contributed by atoms with Gasteiger partial charge >= 0.3 is 0 Å². The summed E-state index contributed by atoms with van der Waals surface area (Å²) < 4.78 is 0. The first kappa shape index (κ1) is 13.1. The van der Waals surface area contributed by atoms with Gasteiger partial charge in [0, 0.05) is 28.4 Å². The standard InChI is InChI=1S/C15H17N3OS/c1-10-16-8-14(20-10)9-17-12-4-6-13(7-5-12)18-15(19)11-2-3-11/h4-8,11,17H,2-3,9H2,1H3,(H,18,19). The second kappa shape index (κ2) is 5.63. The summed E-state index contributed by atoms with van der Waals surface area (Å²) in [5, 5.41) is 7.36. The molecule has 1 saturated carbocycles. The van der Waals surface area contributed by atoms with Crippen molar-refractivity contribution in [3.63, 3.8) is 0 Å². The van der Waals surface area contributed by atoms with Crippen molar-refractivity contribution in [3.8, 4) is 0 Å². The molecule has 5 heteroatoms. The summed E-state index contributed by atoms with van der Waals surface area (Å²) in [5.41, 5.74) is 1.90. The third kappa shape index (κ3) is 3.36. The molecule has 1 heterocycles. The minimum atomic E-state index is 0.144. The molecule has 1 aliphatic carbocycles. The molecule has 0 saturated heterocycles. The summed E-state index contributed by atoms with van der Waals surface area (Å²) >= 11 is 1.70. The highest BCUT2D eigenvalue weighted by Crippen LogP contribution is 2.30. The zero-order valence-corrected chi connectivity index (χ0v) is 12.2. The summed E-state index contributed by atoms with van der Waals surface area (Å²) in [6.45, 7) is 2.78. The molecule has 4 nitrogen and oxygen atoms in total. The van der Waals surface area contributed by atoms with E-state index in [9.17, 15) is 4.79 Å². The van der Waals surface area contributed by atoms with E-state index >= 15 is 0 Å². The van der Waals surface area contributed by atoms with E-state index in [4.69, 9.17) is 0 Å². The topological polar surface area (TPSA) is 54.0 Å². The van der Waals surface area contributed by atoms with Gasteiger partial charge in [-0.25, -0.2) is 4.98 Å². The highest BCUT2D eigenvalue weighted by atomic mass is 32.1. The first-order chi connectivity index (χ1) is 9.70. The summed E-state index contributed by atoms with van der Waals surface area (Å²) in [7, 11) is 0. The predicted molar refractivity (Wildman–Crippen MR) is 82.0 cm³/mol. The molecular formula is C15H17N3OS. The molecule has 1 aliphatic rings. The first-order valence-electron chi connectivity index (χ1n) is 6.77. The quantitative estimate of drug-likeness (QED) is 0.886. The Balaban J connectivity index is 1.54. The molecule has 3 rings (SSSR count). The Kier molecular flexibility index (Phi) is 3.69. The third-order valence-corrected chi connectivity index (χ3v) is 4.15. The highest BCUT2D eigenvalue weighted by molar-refractivity contribution is 7.11. The second-order valence-electron chi connectivity index (χ2n) is 5.04. The number of aryl methyl sites for hydroxylation is 1. The van der Waals surface area contributed by atoms with Gasteiger partial charge in [-0.1, -0.05) is 0 Å². The van der Waals surface area contributed by atoms with Gasteiger partial charge < -0.3 is 10.6 Å². The molecule has 1 amide bonds. The molecule has 1 fully saturated rings. The van der Waals surface area contributed by atoms with E-state index in [2.05, 4.69) is 15.6 Å². The summed E-state index contributed by atoms with van der Waals surface area (Å²) in [6, 6.07) is 7.83. The predicted octanol–water partition coefficient (Wildman–Crippen LogP) is 3.41. The highest BCUT2D eigenvalue weighted by Gasteiger charge is 2.29. The minimum absolute atomic E-state index is 0.144. The number of carbonyl (C=O) groups is 1. The van der Waals surface area contributed by atoms with Crippen molar-refractivity contribution in [1.29, 1.82) is 0 Å². The second-order valence-corrected chi connectivity index (χ2v) is 6.36. The van der Waals surface area contributed by atoms with E-state index in [0.29, 0.717) is 0 Å². The fourth-order valence-electron chi connectivity index (χ4n) is 1.94. The molecular weight excluding hydrogens is 270 g/mol. The molecule has 104 valence electrons. The van der Waals surface area contributed by atoms with E-state index in [1.54, 1.807) is 11.3 Å². The number of aromatic nitrogens is 1. The van der Waals surface area contributed by atoms with Crippen LogP contribution in [0, 0.1) is 12.8 Å². The molecule has 1 aromatic carbocycles. The van der Waals surface area contributed by atoms with Gasteiger partial charge in [0.05, 0.1) is 11.6 Å². The molecule has 0 atom stereocenters. The monoisotopic (exact) mass is 287 g/mol. The number of nitrogens with zero attached hydrogens (tertiary/aromatic N) is 1. The number of thiazole rings is 1. The van der Waals surface area contributed by atoms with Crippen molar-refractivity contribution in [3.05, 3.63) is 40.3 Å². The van der Waals surface area contributed by atoms with Crippen LogP contribution in [-0.4, -0.2) is 10.9 Å². The average Bonchev–Trinajstić information content (AvgIpc) is 3.22. The lowest BCUT2D eigenvalue weighted by Crippen LogP contribution is -2.13. The van der Waals surface area contributed by atoms with Crippen LogP contribution in [0.15, 0.2) is 30.5 Å². The number of nitrogens with one attached hydrogen (secondary N) is 2. The first-order valence-corrected chi connectivity index (χ1v) is 7.58. The maximum absolute atomic E-state index is 11.6. The summed E-state index contributed by atoms with van der Waals surface area (Å²) in [4.78, 5) is 17.1. The maximum atomic E-state index is 11.6. The Morgan fingerprint density at radius 2 is 2.00 bits per heavy atom. The van der Waals surface area contributed by atoms with Gasteiger partial charge in [0.25, 0.3) is 0 Å². The third-order valence-electron chi connectivity index (χ3n) is 3.24. The van der Waals surface area contributed by atoms with Crippen LogP contribution < -0.4 is 10.6 Å². The molecule has 0 radical (unpaired) electrons. The maximum Gasteiger partial charge on any atom is 0.227 e. The lowest BCUT2D eigenvalue weighted by Gasteiger charge is -2.07. The van der Waals surface area contributed by atoms with Crippen molar-refractivity contribution in [2.24, 2.45) is 5.92 Å². The van der Waals surface area contributed by atoms with Gasteiger partial charge in [0.1, 0.15) is 0 Å². The number of carbonyl (C=O) groups excluding carboxylic acids is 1. The van der Waals surface area contributed by atoms with Crippen LogP contribution in [-0.2, 0) is 11.3 Å². The van der Waals surface area contributed by atoms with Crippen LogP contribution in [0.1, 0.15) is 22.7 Å².